The molecule has 1 unspecified atom stereocenters. The largest absolute Gasteiger partial charge is 0.472 e. The van der Waals surface area contributed by atoms with Crippen LogP contribution in [0.15, 0.2) is 22.9 Å². The Kier molecular flexibility index (Phi) is 5.88. The first kappa shape index (κ1) is 17.7. The molecule has 0 radical (unpaired) electrons. The molecule has 0 aliphatic carbocycles. The lowest BCUT2D eigenvalue weighted by molar-refractivity contribution is -0.121. The van der Waals surface area contributed by atoms with Gasteiger partial charge in [0.2, 0.25) is 17.0 Å². The van der Waals surface area contributed by atoms with Crippen molar-refractivity contribution in [1.29, 1.82) is 0 Å². The maximum Gasteiger partial charge on any atom is 0.229 e. The Balaban J connectivity index is 1.46. The highest BCUT2D eigenvalue weighted by Gasteiger charge is 2.18. The molecule has 1 saturated heterocycles. The fourth-order valence-corrected chi connectivity index (χ4v) is 2.83. The average Bonchev–Trinajstić information content (AvgIpc) is 3.22. The monoisotopic (exact) mass is 365 g/mol. The number of hydrogen-bond donors (Lipinski definition) is 1. The SMILES string of the molecule is Cc1noc(Cl)c1CCC(=O)NCc1ccnc(OC2CCOC2)c1. The van der Waals surface area contributed by atoms with Crippen LogP contribution in [-0.2, 0) is 22.5 Å². The summed E-state index contributed by atoms with van der Waals surface area (Å²) in [5, 5.41) is 6.90. The smallest absolute Gasteiger partial charge is 0.229 e. The molecule has 3 heterocycles. The van der Waals surface area contributed by atoms with Gasteiger partial charge in [-0.15, -0.1) is 0 Å². The number of carbonyl (C=O) groups excluding carboxylic acids is 1. The summed E-state index contributed by atoms with van der Waals surface area (Å²) in [6.07, 6.45) is 3.40. The molecule has 7 nitrogen and oxygen atoms in total. The summed E-state index contributed by atoms with van der Waals surface area (Å²) in [5.41, 5.74) is 2.41. The number of nitrogens with one attached hydrogen (secondary N) is 1. The van der Waals surface area contributed by atoms with Gasteiger partial charge in [0.05, 0.1) is 18.9 Å². The molecule has 2 aromatic heterocycles. The molecular weight excluding hydrogens is 346 g/mol. The van der Waals surface area contributed by atoms with Crippen molar-refractivity contribution >= 4 is 17.5 Å². The minimum Gasteiger partial charge on any atom is -0.472 e. The lowest BCUT2D eigenvalue weighted by Crippen LogP contribution is -2.23. The van der Waals surface area contributed by atoms with Crippen LogP contribution in [0.2, 0.25) is 5.22 Å². The van der Waals surface area contributed by atoms with Gasteiger partial charge in [0, 0.05) is 37.2 Å². The number of amides is 1. The molecular formula is C17H20ClN3O4. The fraction of sp³-hybridized carbons (Fsp3) is 0.471. The van der Waals surface area contributed by atoms with Gasteiger partial charge in [0.15, 0.2) is 0 Å². The summed E-state index contributed by atoms with van der Waals surface area (Å²) in [7, 11) is 0. The summed E-state index contributed by atoms with van der Waals surface area (Å²) in [6, 6.07) is 3.68. The van der Waals surface area contributed by atoms with E-state index < -0.39 is 0 Å². The number of hydrogen-bond acceptors (Lipinski definition) is 6. The van der Waals surface area contributed by atoms with E-state index in [4.69, 9.17) is 25.6 Å². The van der Waals surface area contributed by atoms with Gasteiger partial charge in [-0.2, -0.15) is 0 Å². The predicted molar refractivity (Wildman–Crippen MR) is 90.5 cm³/mol. The Bertz CT molecular complexity index is 709. The molecule has 0 spiro atoms. The molecule has 0 aromatic carbocycles. The third-order valence-corrected chi connectivity index (χ3v) is 4.30. The van der Waals surface area contributed by atoms with Crippen LogP contribution in [0.4, 0.5) is 0 Å². The number of carbonyl (C=O) groups is 1. The maximum absolute atomic E-state index is 12.0. The van der Waals surface area contributed by atoms with Gasteiger partial charge in [-0.05, 0) is 36.6 Å². The molecule has 1 atom stereocenters. The van der Waals surface area contributed by atoms with E-state index >= 15 is 0 Å². The van der Waals surface area contributed by atoms with Gasteiger partial charge in [-0.25, -0.2) is 4.98 Å². The Morgan fingerprint density at radius 1 is 1.52 bits per heavy atom. The third-order valence-electron chi connectivity index (χ3n) is 4.00. The normalized spacial score (nSPS) is 16.8. The van der Waals surface area contributed by atoms with Gasteiger partial charge in [-0.1, -0.05) is 5.16 Å². The third kappa shape index (κ3) is 4.93. The van der Waals surface area contributed by atoms with E-state index in [-0.39, 0.29) is 17.2 Å². The van der Waals surface area contributed by atoms with Gasteiger partial charge in [0.25, 0.3) is 0 Å². The summed E-state index contributed by atoms with van der Waals surface area (Å²) in [4.78, 5) is 16.2. The number of aromatic nitrogens is 2. The molecule has 134 valence electrons. The lowest BCUT2D eigenvalue weighted by atomic mass is 10.1. The molecule has 1 fully saturated rings. The van der Waals surface area contributed by atoms with E-state index in [0.717, 1.165) is 24.2 Å². The quantitative estimate of drug-likeness (QED) is 0.811. The highest BCUT2D eigenvalue weighted by Crippen LogP contribution is 2.20. The molecule has 1 amide bonds. The first-order chi connectivity index (χ1) is 12.1. The first-order valence-electron chi connectivity index (χ1n) is 8.18. The molecule has 0 saturated carbocycles. The van der Waals surface area contributed by atoms with Gasteiger partial charge in [0.1, 0.15) is 6.10 Å². The average molecular weight is 366 g/mol. The Labute approximate surface area is 150 Å². The van der Waals surface area contributed by atoms with Crippen molar-refractivity contribution in [3.05, 3.63) is 40.4 Å². The minimum absolute atomic E-state index is 0.0499. The van der Waals surface area contributed by atoms with Crippen LogP contribution in [-0.4, -0.2) is 35.4 Å². The zero-order valence-electron chi connectivity index (χ0n) is 14.0. The van der Waals surface area contributed by atoms with Crippen molar-refractivity contribution in [1.82, 2.24) is 15.5 Å². The van der Waals surface area contributed by atoms with Crippen molar-refractivity contribution in [3.8, 4) is 5.88 Å². The van der Waals surface area contributed by atoms with Crippen LogP contribution < -0.4 is 10.1 Å². The zero-order chi connectivity index (χ0) is 17.6. The van der Waals surface area contributed by atoms with E-state index in [9.17, 15) is 4.79 Å². The number of aryl methyl sites for hydroxylation is 1. The second-order valence-electron chi connectivity index (χ2n) is 5.90. The van der Waals surface area contributed by atoms with Gasteiger partial charge < -0.3 is 19.3 Å². The van der Waals surface area contributed by atoms with Gasteiger partial charge >= 0.3 is 0 Å². The van der Waals surface area contributed by atoms with Crippen molar-refractivity contribution in [2.45, 2.75) is 38.8 Å². The van der Waals surface area contributed by atoms with E-state index in [1.54, 1.807) is 13.1 Å². The molecule has 0 bridgehead atoms. The number of nitrogens with zero attached hydrogens (tertiary/aromatic N) is 2. The van der Waals surface area contributed by atoms with E-state index in [1.807, 2.05) is 12.1 Å². The maximum atomic E-state index is 12.0. The van der Waals surface area contributed by atoms with Crippen molar-refractivity contribution < 1.29 is 18.8 Å². The van der Waals surface area contributed by atoms with Crippen LogP contribution in [0.25, 0.3) is 0 Å². The second-order valence-corrected chi connectivity index (χ2v) is 6.25. The topological polar surface area (TPSA) is 86.5 Å². The van der Waals surface area contributed by atoms with Crippen LogP contribution >= 0.6 is 11.6 Å². The summed E-state index contributed by atoms with van der Waals surface area (Å²) in [5.74, 6) is 0.481. The van der Waals surface area contributed by atoms with Crippen molar-refractivity contribution in [2.24, 2.45) is 0 Å². The fourth-order valence-electron chi connectivity index (χ4n) is 2.57. The highest BCUT2D eigenvalue weighted by atomic mass is 35.5. The van der Waals surface area contributed by atoms with E-state index in [2.05, 4.69) is 15.5 Å². The van der Waals surface area contributed by atoms with Crippen LogP contribution in [0.3, 0.4) is 0 Å². The van der Waals surface area contributed by atoms with Gasteiger partial charge in [-0.3, -0.25) is 4.79 Å². The highest BCUT2D eigenvalue weighted by molar-refractivity contribution is 6.29. The number of halogens is 1. The number of pyridine rings is 1. The molecule has 1 N–H and O–H groups in total. The number of ether oxygens (including phenoxy) is 2. The first-order valence-corrected chi connectivity index (χ1v) is 8.56. The summed E-state index contributed by atoms with van der Waals surface area (Å²) in [6.45, 7) is 3.52. The van der Waals surface area contributed by atoms with Crippen molar-refractivity contribution in [2.75, 3.05) is 13.2 Å². The Morgan fingerprint density at radius 3 is 3.12 bits per heavy atom. The standard InChI is InChI=1S/C17H20ClN3O4/c1-11-14(17(18)25-21-11)2-3-15(22)20-9-12-4-6-19-16(8-12)24-13-5-7-23-10-13/h4,6,8,13H,2-3,5,7,9-10H2,1H3,(H,20,22). The zero-order valence-corrected chi connectivity index (χ0v) is 14.7. The Hall–Kier alpha value is -2.12. The Morgan fingerprint density at radius 2 is 2.40 bits per heavy atom. The van der Waals surface area contributed by atoms with E-state index in [1.165, 1.54) is 0 Å². The second kappa shape index (κ2) is 8.31. The number of rotatable bonds is 7. The molecule has 1 aliphatic heterocycles. The molecule has 1 aliphatic rings. The van der Waals surface area contributed by atoms with Crippen LogP contribution in [0, 0.1) is 6.92 Å². The summed E-state index contributed by atoms with van der Waals surface area (Å²) >= 11 is 5.90. The van der Waals surface area contributed by atoms with Crippen LogP contribution in [0.1, 0.15) is 29.7 Å². The molecule has 2 aromatic rings. The van der Waals surface area contributed by atoms with E-state index in [0.29, 0.717) is 37.6 Å². The minimum atomic E-state index is -0.0693. The summed E-state index contributed by atoms with van der Waals surface area (Å²) < 4.78 is 15.9. The molecule has 8 heteroatoms. The molecule has 3 rings (SSSR count). The van der Waals surface area contributed by atoms with Crippen molar-refractivity contribution in [3.63, 3.8) is 0 Å². The van der Waals surface area contributed by atoms with Crippen LogP contribution in [0.5, 0.6) is 5.88 Å². The predicted octanol–water partition coefficient (Wildman–Crippen LogP) is 2.45. The lowest BCUT2D eigenvalue weighted by Gasteiger charge is -2.12. The molecule has 25 heavy (non-hydrogen) atoms.